The van der Waals surface area contributed by atoms with Crippen molar-refractivity contribution in [1.29, 1.82) is 0 Å². The molecule has 2 N–H and O–H groups in total. The summed E-state index contributed by atoms with van der Waals surface area (Å²) in [4.78, 5) is 34.4. The number of hydrogen-bond donors (Lipinski definition) is 2. The Morgan fingerprint density at radius 3 is 2.35 bits per heavy atom. The Labute approximate surface area is 180 Å². The summed E-state index contributed by atoms with van der Waals surface area (Å²) in [5, 5.41) is 17.8. The monoisotopic (exact) mass is 424 g/mol. The van der Waals surface area contributed by atoms with E-state index in [-0.39, 0.29) is 22.7 Å². The van der Waals surface area contributed by atoms with Crippen molar-refractivity contribution in [3.05, 3.63) is 77.9 Å². The van der Waals surface area contributed by atoms with Gasteiger partial charge in [0, 0.05) is 6.07 Å². The van der Waals surface area contributed by atoms with E-state index in [1.165, 1.54) is 30.3 Å². The highest BCUT2D eigenvalue weighted by Gasteiger charge is 2.13. The van der Waals surface area contributed by atoms with Crippen LogP contribution in [-0.4, -0.2) is 41.1 Å². The van der Waals surface area contributed by atoms with Crippen LogP contribution < -0.4 is 9.47 Å². The zero-order valence-corrected chi connectivity index (χ0v) is 17.0. The van der Waals surface area contributed by atoms with E-state index in [1.807, 2.05) is 6.08 Å². The average molecular weight is 424 g/mol. The molecule has 2 aromatic rings. The third-order valence-corrected chi connectivity index (χ3v) is 4.23. The lowest BCUT2D eigenvalue weighted by molar-refractivity contribution is -0.139. The van der Waals surface area contributed by atoms with Gasteiger partial charge in [0.15, 0.2) is 12.4 Å². The standard InChI is InChI=1S/C24H24O7/c1-2-3-4-5-14-30-19-11-12-20(22(15-19)31-16-23(26)27)21(25)13-8-17-6-9-18(10-7-17)24(28)29/h2,6-13,15H,1,3-5,14,16H2,(H,26,27)(H,28,29)/b13-8+. The number of ketones is 1. The van der Waals surface area contributed by atoms with Gasteiger partial charge in [0.1, 0.15) is 11.5 Å². The topological polar surface area (TPSA) is 110 Å². The van der Waals surface area contributed by atoms with Crippen LogP contribution in [-0.2, 0) is 4.79 Å². The normalized spacial score (nSPS) is 10.6. The SMILES string of the molecule is C=CCCCCOc1ccc(C(=O)/C=C/c2ccc(C(=O)O)cc2)c(OCC(=O)O)c1. The van der Waals surface area contributed by atoms with Crippen molar-refractivity contribution in [3.63, 3.8) is 0 Å². The molecule has 0 amide bonds. The number of rotatable bonds is 13. The summed E-state index contributed by atoms with van der Waals surface area (Å²) in [6.07, 6.45) is 7.37. The van der Waals surface area contributed by atoms with E-state index < -0.39 is 18.5 Å². The summed E-state index contributed by atoms with van der Waals surface area (Å²) in [7, 11) is 0. The molecule has 0 saturated carbocycles. The van der Waals surface area contributed by atoms with Gasteiger partial charge in [-0.25, -0.2) is 9.59 Å². The van der Waals surface area contributed by atoms with Crippen LogP contribution in [0.5, 0.6) is 11.5 Å². The Bertz CT molecular complexity index is 958. The maximum Gasteiger partial charge on any atom is 0.341 e. The van der Waals surface area contributed by atoms with Crippen LogP contribution in [0.1, 0.15) is 45.5 Å². The van der Waals surface area contributed by atoms with E-state index in [9.17, 15) is 14.4 Å². The number of allylic oxidation sites excluding steroid dienone is 2. The van der Waals surface area contributed by atoms with Gasteiger partial charge in [-0.15, -0.1) is 6.58 Å². The molecule has 2 aromatic carbocycles. The number of unbranched alkanes of at least 4 members (excludes halogenated alkanes) is 2. The molecule has 7 heteroatoms. The fourth-order valence-electron chi connectivity index (χ4n) is 2.63. The van der Waals surface area contributed by atoms with E-state index in [0.717, 1.165) is 19.3 Å². The van der Waals surface area contributed by atoms with Crippen LogP contribution in [0.3, 0.4) is 0 Å². The Morgan fingerprint density at radius 2 is 1.71 bits per heavy atom. The van der Waals surface area contributed by atoms with Crippen LogP contribution in [0.4, 0.5) is 0 Å². The molecule has 0 unspecified atom stereocenters. The van der Waals surface area contributed by atoms with E-state index >= 15 is 0 Å². The maximum atomic E-state index is 12.6. The number of aromatic carboxylic acids is 1. The number of carboxylic acids is 2. The highest BCUT2D eigenvalue weighted by atomic mass is 16.5. The van der Waals surface area contributed by atoms with Gasteiger partial charge in [0.2, 0.25) is 0 Å². The molecule has 2 rings (SSSR count). The maximum absolute atomic E-state index is 12.6. The molecule has 0 aliphatic carbocycles. The first-order valence-corrected chi connectivity index (χ1v) is 9.69. The largest absolute Gasteiger partial charge is 0.493 e. The van der Waals surface area contributed by atoms with Crippen molar-refractivity contribution in [2.75, 3.05) is 13.2 Å². The number of carbonyl (C=O) groups excluding carboxylic acids is 1. The summed E-state index contributed by atoms with van der Waals surface area (Å²) >= 11 is 0. The van der Waals surface area contributed by atoms with Gasteiger partial charge in [-0.3, -0.25) is 4.79 Å². The van der Waals surface area contributed by atoms with Crippen molar-refractivity contribution < 1.29 is 34.1 Å². The van der Waals surface area contributed by atoms with Gasteiger partial charge in [0.05, 0.1) is 17.7 Å². The molecule has 0 bridgehead atoms. The second kappa shape index (κ2) is 12.0. The van der Waals surface area contributed by atoms with Gasteiger partial charge in [-0.2, -0.15) is 0 Å². The summed E-state index contributed by atoms with van der Waals surface area (Å²) in [6, 6.07) is 10.7. The number of aliphatic carboxylic acids is 1. The molecule has 7 nitrogen and oxygen atoms in total. The minimum Gasteiger partial charge on any atom is -0.493 e. The minimum atomic E-state index is -1.16. The zero-order valence-electron chi connectivity index (χ0n) is 17.0. The third kappa shape index (κ3) is 7.81. The molecule has 0 aromatic heterocycles. The Morgan fingerprint density at radius 1 is 0.968 bits per heavy atom. The average Bonchev–Trinajstić information content (AvgIpc) is 2.76. The first kappa shape index (κ1) is 23.4. The molecule has 0 spiro atoms. The van der Waals surface area contributed by atoms with Crippen LogP contribution in [0.25, 0.3) is 6.08 Å². The van der Waals surface area contributed by atoms with Crippen LogP contribution in [0.15, 0.2) is 61.2 Å². The summed E-state index contributed by atoms with van der Waals surface area (Å²) in [5.74, 6) is -2.00. The molecule has 0 aliphatic rings. The van der Waals surface area contributed by atoms with E-state index in [2.05, 4.69) is 6.58 Å². The van der Waals surface area contributed by atoms with Crippen LogP contribution in [0, 0.1) is 0 Å². The summed E-state index contributed by atoms with van der Waals surface area (Å²) in [6.45, 7) is 3.55. The van der Waals surface area contributed by atoms with E-state index in [0.29, 0.717) is 17.9 Å². The predicted molar refractivity (Wildman–Crippen MR) is 116 cm³/mol. The second-order valence-corrected chi connectivity index (χ2v) is 6.60. The van der Waals surface area contributed by atoms with Gasteiger partial charge in [-0.1, -0.05) is 24.3 Å². The molecule has 0 atom stereocenters. The lowest BCUT2D eigenvalue weighted by atomic mass is 10.1. The van der Waals surface area contributed by atoms with Crippen molar-refractivity contribution in [3.8, 4) is 11.5 Å². The van der Waals surface area contributed by atoms with Crippen LogP contribution in [0.2, 0.25) is 0 Å². The highest BCUT2D eigenvalue weighted by molar-refractivity contribution is 6.08. The van der Waals surface area contributed by atoms with Gasteiger partial charge in [-0.05, 0) is 55.2 Å². The molecular weight excluding hydrogens is 400 g/mol. The van der Waals surface area contributed by atoms with Crippen molar-refractivity contribution >= 4 is 23.8 Å². The van der Waals surface area contributed by atoms with Crippen molar-refractivity contribution in [2.45, 2.75) is 19.3 Å². The molecule has 0 saturated heterocycles. The summed E-state index contributed by atoms with van der Waals surface area (Å²) < 4.78 is 10.9. The number of benzene rings is 2. The molecule has 31 heavy (non-hydrogen) atoms. The molecule has 0 aliphatic heterocycles. The van der Waals surface area contributed by atoms with Gasteiger partial charge in [0.25, 0.3) is 0 Å². The smallest absolute Gasteiger partial charge is 0.341 e. The fourth-order valence-corrected chi connectivity index (χ4v) is 2.63. The lowest BCUT2D eigenvalue weighted by Gasteiger charge is -2.11. The molecule has 162 valence electrons. The lowest BCUT2D eigenvalue weighted by Crippen LogP contribution is -2.12. The quantitative estimate of drug-likeness (QED) is 0.211. The molecular formula is C24H24O7. The van der Waals surface area contributed by atoms with Crippen LogP contribution >= 0.6 is 0 Å². The Balaban J connectivity index is 2.13. The van der Waals surface area contributed by atoms with E-state index in [1.54, 1.807) is 24.3 Å². The third-order valence-electron chi connectivity index (χ3n) is 4.23. The fraction of sp³-hybridized carbons (Fsp3) is 0.208. The summed E-state index contributed by atoms with van der Waals surface area (Å²) in [5.41, 5.74) is 0.984. The number of hydrogen-bond acceptors (Lipinski definition) is 5. The van der Waals surface area contributed by atoms with Crippen molar-refractivity contribution in [1.82, 2.24) is 0 Å². The molecule has 0 radical (unpaired) electrons. The first-order valence-electron chi connectivity index (χ1n) is 9.69. The van der Waals surface area contributed by atoms with Crippen molar-refractivity contribution in [2.24, 2.45) is 0 Å². The zero-order chi connectivity index (χ0) is 22.6. The number of carboxylic acid groups (broad SMARTS) is 2. The van der Waals surface area contributed by atoms with E-state index in [4.69, 9.17) is 19.7 Å². The Kier molecular flexibility index (Phi) is 9.04. The minimum absolute atomic E-state index is 0.113. The molecule has 0 fully saturated rings. The number of carbonyl (C=O) groups is 3. The van der Waals surface area contributed by atoms with Gasteiger partial charge >= 0.3 is 11.9 Å². The van der Waals surface area contributed by atoms with Gasteiger partial charge < -0.3 is 19.7 Å². The first-order chi connectivity index (χ1) is 14.9. The predicted octanol–water partition coefficient (Wildman–Crippen LogP) is 4.48. The highest BCUT2D eigenvalue weighted by Crippen LogP contribution is 2.26. The number of ether oxygens (including phenoxy) is 2. The Hall–Kier alpha value is -3.87. The molecule has 0 heterocycles. The second-order valence-electron chi connectivity index (χ2n) is 6.60.